The smallest absolute Gasteiger partial charge is 0.240 e. The van der Waals surface area contributed by atoms with Crippen molar-refractivity contribution in [3.05, 3.63) is 18.2 Å². The topological polar surface area (TPSA) is 92.4 Å². The van der Waals surface area contributed by atoms with Crippen molar-refractivity contribution in [3.63, 3.8) is 0 Å². The Hall–Kier alpha value is -0.920. The van der Waals surface area contributed by atoms with Gasteiger partial charge in [-0.05, 0) is 30.9 Å². The fraction of sp³-hybridized carbons (Fsp3) is 0.455. The predicted octanol–water partition coefficient (Wildman–Crippen LogP) is 1.39. The monoisotopic (exact) mass is 290 g/mol. The Morgan fingerprint density at radius 2 is 2.17 bits per heavy atom. The lowest BCUT2D eigenvalue weighted by Crippen LogP contribution is -2.34. The largest absolute Gasteiger partial charge is 0.506 e. The van der Waals surface area contributed by atoms with E-state index in [1.54, 1.807) is 11.8 Å². The molecule has 102 valence electrons. The SMILES string of the molecule is CCSCC(C)NS(=O)(=O)c1ccc(O)c(N)c1. The van der Waals surface area contributed by atoms with E-state index in [1.165, 1.54) is 18.2 Å². The molecule has 0 fully saturated rings. The first-order valence-corrected chi connectivity index (χ1v) is 8.19. The zero-order valence-corrected chi connectivity index (χ0v) is 12.0. The average molecular weight is 290 g/mol. The van der Waals surface area contributed by atoms with Crippen molar-refractivity contribution in [2.45, 2.75) is 24.8 Å². The van der Waals surface area contributed by atoms with Crippen molar-refractivity contribution in [3.8, 4) is 5.75 Å². The number of hydrogen-bond donors (Lipinski definition) is 3. The van der Waals surface area contributed by atoms with E-state index < -0.39 is 10.0 Å². The van der Waals surface area contributed by atoms with E-state index in [4.69, 9.17) is 5.73 Å². The third-order valence-corrected chi connectivity index (χ3v) is 4.97. The fourth-order valence-electron chi connectivity index (χ4n) is 1.36. The highest BCUT2D eigenvalue weighted by molar-refractivity contribution is 7.99. The molecule has 0 radical (unpaired) electrons. The van der Waals surface area contributed by atoms with Crippen LogP contribution in [0, 0.1) is 0 Å². The van der Waals surface area contributed by atoms with E-state index in [9.17, 15) is 13.5 Å². The molecule has 0 aliphatic heterocycles. The van der Waals surface area contributed by atoms with Crippen molar-refractivity contribution in [1.29, 1.82) is 0 Å². The second-order valence-electron chi connectivity index (χ2n) is 3.90. The van der Waals surface area contributed by atoms with Crippen LogP contribution in [0.2, 0.25) is 0 Å². The summed E-state index contributed by atoms with van der Waals surface area (Å²) in [5, 5.41) is 9.26. The number of phenolic OH excluding ortho intramolecular Hbond substituents is 1. The Bertz CT molecular complexity index is 503. The molecule has 0 aliphatic rings. The fourth-order valence-corrected chi connectivity index (χ4v) is 3.42. The lowest BCUT2D eigenvalue weighted by atomic mass is 10.3. The van der Waals surface area contributed by atoms with E-state index in [-0.39, 0.29) is 22.4 Å². The maximum Gasteiger partial charge on any atom is 0.240 e. The van der Waals surface area contributed by atoms with Gasteiger partial charge in [-0.3, -0.25) is 0 Å². The molecule has 7 heteroatoms. The van der Waals surface area contributed by atoms with Crippen LogP contribution in [0.15, 0.2) is 23.1 Å². The van der Waals surface area contributed by atoms with Gasteiger partial charge < -0.3 is 10.8 Å². The molecule has 1 atom stereocenters. The van der Waals surface area contributed by atoms with E-state index >= 15 is 0 Å². The normalized spacial score (nSPS) is 13.4. The van der Waals surface area contributed by atoms with Gasteiger partial charge >= 0.3 is 0 Å². The number of nitrogens with one attached hydrogen (secondary N) is 1. The van der Waals surface area contributed by atoms with Crippen LogP contribution in [0.4, 0.5) is 5.69 Å². The molecule has 0 heterocycles. The highest BCUT2D eigenvalue weighted by Gasteiger charge is 2.18. The van der Waals surface area contributed by atoms with Crippen LogP contribution < -0.4 is 10.5 Å². The van der Waals surface area contributed by atoms with E-state index in [1.807, 2.05) is 13.8 Å². The number of benzene rings is 1. The molecule has 0 aliphatic carbocycles. The number of nitrogen functional groups attached to an aromatic ring is 1. The first-order chi connectivity index (χ1) is 8.36. The number of anilines is 1. The van der Waals surface area contributed by atoms with Gasteiger partial charge in [0.15, 0.2) is 0 Å². The summed E-state index contributed by atoms with van der Waals surface area (Å²) >= 11 is 1.67. The van der Waals surface area contributed by atoms with Crippen molar-refractivity contribution >= 4 is 27.5 Å². The average Bonchev–Trinajstić information content (AvgIpc) is 2.29. The third kappa shape index (κ3) is 4.08. The summed E-state index contributed by atoms with van der Waals surface area (Å²) in [5.74, 6) is 1.53. The summed E-state index contributed by atoms with van der Waals surface area (Å²) in [5.41, 5.74) is 5.53. The van der Waals surface area contributed by atoms with Gasteiger partial charge in [-0.1, -0.05) is 6.92 Å². The molecular weight excluding hydrogens is 272 g/mol. The van der Waals surface area contributed by atoms with Crippen LogP contribution in [0.3, 0.4) is 0 Å². The lowest BCUT2D eigenvalue weighted by molar-refractivity contribution is 0.477. The predicted molar refractivity (Wildman–Crippen MR) is 75.3 cm³/mol. The van der Waals surface area contributed by atoms with Gasteiger partial charge in [-0.25, -0.2) is 13.1 Å². The summed E-state index contributed by atoms with van der Waals surface area (Å²) in [6.45, 7) is 3.83. The highest BCUT2D eigenvalue weighted by atomic mass is 32.2. The van der Waals surface area contributed by atoms with Crippen LogP contribution in [0.25, 0.3) is 0 Å². The molecule has 0 bridgehead atoms. The number of nitrogens with two attached hydrogens (primary N) is 1. The van der Waals surface area contributed by atoms with Gasteiger partial charge in [-0.2, -0.15) is 11.8 Å². The van der Waals surface area contributed by atoms with Gasteiger partial charge in [0.25, 0.3) is 0 Å². The first kappa shape index (κ1) is 15.1. The van der Waals surface area contributed by atoms with Crippen LogP contribution in [-0.4, -0.2) is 31.1 Å². The summed E-state index contributed by atoms with van der Waals surface area (Å²) < 4.78 is 26.6. The Balaban J connectivity index is 2.83. The summed E-state index contributed by atoms with van der Waals surface area (Å²) in [6.07, 6.45) is 0. The molecule has 0 saturated heterocycles. The van der Waals surface area contributed by atoms with Crippen molar-refractivity contribution in [1.82, 2.24) is 4.72 Å². The highest BCUT2D eigenvalue weighted by Crippen LogP contribution is 2.23. The molecule has 1 aromatic carbocycles. The van der Waals surface area contributed by atoms with Crippen molar-refractivity contribution < 1.29 is 13.5 Å². The van der Waals surface area contributed by atoms with Gasteiger partial charge in [0.05, 0.1) is 10.6 Å². The Morgan fingerprint density at radius 3 is 2.72 bits per heavy atom. The molecular formula is C11H18N2O3S2. The Morgan fingerprint density at radius 1 is 1.50 bits per heavy atom. The first-order valence-electron chi connectivity index (χ1n) is 5.55. The van der Waals surface area contributed by atoms with Crippen LogP contribution in [-0.2, 0) is 10.0 Å². The molecule has 1 unspecified atom stereocenters. The molecule has 4 N–H and O–H groups in total. The van der Waals surface area contributed by atoms with Gasteiger partial charge in [0, 0.05) is 11.8 Å². The number of rotatable bonds is 6. The van der Waals surface area contributed by atoms with Gasteiger partial charge in [0.2, 0.25) is 10.0 Å². The number of thioether (sulfide) groups is 1. The van der Waals surface area contributed by atoms with E-state index in [0.717, 1.165) is 5.75 Å². The molecule has 0 amide bonds. The minimum Gasteiger partial charge on any atom is -0.506 e. The summed E-state index contributed by atoms with van der Waals surface area (Å²) in [4.78, 5) is 0.0612. The van der Waals surface area contributed by atoms with Gasteiger partial charge in [0.1, 0.15) is 5.75 Å². The minimum atomic E-state index is -3.58. The number of aromatic hydroxyl groups is 1. The number of sulfonamides is 1. The molecule has 0 saturated carbocycles. The second kappa shape index (κ2) is 6.31. The zero-order valence-electron chi connectivity index (χ0n) is 10.4. The van der Waals surface area contributed by atoms with Crippen LogP contribution in [0.5, 0.6) is 5.75 Å². The van der Waals surface area contributed by atoms with Crippen molar-refractivity contribution in [2.75, 3.05) is 17.2 Å². The second-order valence-corrected chi connectivity index (χ2v) is 6.94. The third-order valence-electron chi connectivity index (χ3n) is 2.24. The molecule has 0 spiro atoms. The molecule has 1 rings (SSSR count). The standard InChI is InChI=1S/C11H18N2O3S2/c1-3-17-7-8(2)13-18(15,16)9-4-5-11(14)10(12)6-9/h4-6,8,13-14H,3,7,12H2,1-2H3. The van der Waals surface area contributed by atoms with Crippen LogP contribution in [0.1, 0.15) is 13.8 Å². The lowest BCUT2D eigenvalue weighted by Gasteiger charge is -2.14. The number of hydrogen-bond acceptors (Lipinski definition) is 5. The van der Waals surface area contributed by atoms with E-state index in [0.29, 0.717) is 5.75 Å². The summed E-state index contributed by atoms with van der Waals surface area (Å²) in [7, 11) is -3.58. The Labute approximate surface area is 112 Å². The molecule has 18 heavy (non-hydrogen) atoms. The quantitative estimate of drug-likeness (QED) is 0.544. The van der Waals surface area contributed by atoms with E-state index in [2.05, 4.69) is 4.72 Å². The van der Waals surface area contributed by atoms with Crippen LogP contribution >= 0.6 is 11.8 Å². The Kier molecular flexibility index (Phi) is 5.30. The molecule has 0 aromatic heterocycles. The van der Waals surface area contributed by atoms with Crippen molar-refractivity contribution in [2.24, 2.45) is 0 Å². The maximum absolute atomic E-state index is 12.0. The number of phenols is 1. The molecule has 5 nitrogen and oxygen atoms in total. The zero-order chi connectivity index (χ0) is 13.8. The maximum atomic E-state index is 12.0. The summed E-state index contributed by atoms with van der Waals surface area (Å²) in [6, 6.07) is 3.69. The van der Waals surface area contributed by atoms with Gasteiger partial charge in [-0.15, -0.1) is 0 Å². The minimum absolute atomic E-state index is 0.0495. The molecule has 1 aromatic rings.